The van der Waals surface area contributed by atoms with Gasteiger partial charge in [0.2, 0.25) is 24.0 Å². The van der Waals surface area contributed by atoms with Gasteiger partial charge >= 0.3 is 18.2 Å². The number of thiophene rings is 1. The Kier molecular flexibility index (Phi) is 34.0. The van der Waals surface area contributed by atoms with Gasteiger partial charge < -0.3 is 120 Å². The summed E-state index contributed by atoms with van der Waals surface area (Å²) in [6.45, 7) is 8.05. The summed E-state index contributed by atoms with van der Waals surface area (Å²) in [6.07, 6.45) is -8.92. The van der Waals surface area contributed by atoms with Crippen LogP contribution in [0.1, 0.15) is 81.0 Å². The normalized spacial score (nSPS) is 18.4. The number of primary amides is 1. The predicted octanol–water partition coefficient (Wildman–Crippen LogP) is 5.36. The summed E-state index contributed by atoms with van der Waals surface area (Å²) < 4.78 is 56.3. The minimum absolute atomic E-state index is 0.00895. The van der Waals surface area contributed by atoms with Crippen LogP contribution in [0.4, 0.5) is 31.4 Å². The first-order valence-corrected chi connectivity index (χ1v) is 38.9. The highest BCUT2D eigenvalue weighted by Crippen LogP contribution is 2.49. The van der Waals surface area contributed by atoms with E-state index >= 15 is 0 Å². The summed E-state index contributed by atoms with van der Waals surface area (Å²) in [7, 11) is 3.01. The predicted molar refractivity (Wildman–Crippen MR) is 418 cm³/mol. The molecule has 6 aromatic rings. The number of benzene rings is 5. The minimum atomic E-state index is -1.70. The van der Waals surface area contributed by atoms with Gasteiger partial charge in [0.15, 0.2) is 0 Å². The Hall–Kier alpha value is -8.62. The highest BCUT2D eigenvalue weighted by atomic mass is 35.5. The molecule has 12 N–H and O–H groups in total. The number of nitrogens with zero attached hydrogens (tertiary/aromatic N) is 4. The van der Waals surface area contributed by atoms with E-state index in [9.17, 15) is 58.8 Å². The average Bonchev–Trinajstić information content (AvgIpc) is 1.57. The van der Waals surface area contributed by atoms with Crippen molar-refractivity contribution in [2.75, 3.05) is 166 Å². The Morgan fingerprint density at radius 2 is 1.12 bits per heavy atom. The molecular formula is C77H100Cl2N10O22S. The van der Waals surface area contributed by atoms with E-state index in [1.165, 1.54) is 23.9 Å². The van der Waals surface area contributed by atoms with Crippen LogP contribution in [-0.2, 0) is 58.9 Å². The number of rotatable bonds is 43. The molecule has 1 fully saturated rings. The van der Waals surface area contributed by atoms with E-state index in [-0.39, 0.29) is 129 Å². The largest absolute Gasteiger partial charge is 0.461 e. The summed E-state index contributed by atoms with van der Waals surface area (Å²) >= 11 is 14.3. The summed E-state index contributed by atoms with van der Waals surface area (Å²) in [5.41, 5.74) is 14.0. The fourth-order valence-corrected chi connectivity index (χ4v) is 14.3. The van der Waals surface area contributed by atoms with Crippen LogP contribution in [0.25, 0.3) is 21.5 Å². The molecule has 3 aliphatic rings. The molecule has 5 aromatic carbocycles. The molecule has 32 nitrogen and oxygen atoms in total. The summed E-state index contributed by atoms with van der Waals surface area (Å²) in [5, 5.41) is 55.2. The number of carbonyl (C=O) groups excluding carboxylic acids is 8. The maximum Gasteiger partial charge on any atom is 0.415 e. The third-order valence-electron chi connectivity index (χ3n) is 18.9. The number of amides is 9. The highest BCUT2D eigenvalue weighted by molar-refractivity contribution is 7.16. The molecule has 0 bridgehead atoms. The second kappa shape index (κ2) is 43.6. The van der Waals surface area contributed by atoms with Gasteiger partial charge in [0.1, 0.15) is 54.6 Å². The van der Waals surface area contributed by atoms with E-state index in [0.717, 1.165) is 22.5 Å². The molecule has 9 rings (SSSR count). The van der Waals surface area contributed by atoms with Crippen molar-refractivity contribution < 1.29 is 106 Å². The van der Waals surface area contributed by atoms with Crippen LogP contribution in [-0.4, -0.2) is 272 Å². The van der Waals surface area contributed by atoms with Crippen LogP contribution in [0.15, 0.2) is 97.1 Å². The van der Waals surface area contributed by atoms with Crippen molar-refractivity contribution in [1.29, 1.82) is 0 Å². The molecule has 9 amide bonds. The maximum atomic E-state index is 14.8. The van der Waals surface area contributed by atoms with Crippen molar-refractivity contribution in [1.82, 2.24) is 25.8 Å². The van der Waals surface area contributed by atoms with Gasteiger partial charge in [-0.1, -0.05) is 74.5 Å². The lowest BCUT2D eigenvalue weighted by Gasteiger charge is -2.39. The first kappa shape index (κ1) is 87.3. The number of hydrogen-bond donors (Lipinski definition) is 10. The Morgan fingerprint density at radius 3 is 1.63 bits per heavy atom. The summed E-state index contributed by atoms with van der Waals surface area (Å²) in [6, 6.07) is 24.5. The fraction of sp³-hybridized carbons (Fsp3) is 0.506. The Balaban J connectivity index is 0.737. The van der Waals surface area contributed by atoms with Gasteiger partial charge in [0.25, 0.3) is 11.8 Å². The number of urea groups is 1. The van der Waals surface area contributed by atoms with Crippen molar-refractivity contribution in [3.8, 4) is 11.5 Å². The van der Waals surface area contributed by atoms with E-state index in [1.807, 2.05) is 24.3 Å². The SMILES string of the molecule is CC(C)[C@H](NC(=O)CCOCCOCCOCCOCCOCCOCCN)C(=O)N[C@@H](CCCNC(N)=O)C(=O)Nc1ccc(COC(=O)N(C)CCN(C)C(=O)Oc2cc3c(c4ccccc24)[C@H](CCl)CN3C(=O)c2ccc(C(=O)N3C[C@@H](CCl)c4c3cc(O[C@@H]3OC(CO)[C@H](O)C(O)[C@@H]3O)c3ccccc43)s2)cc1. The van der Waals surface area contributed by atoms with E-state index in [0.29, 0.717) is 110 Å². The van der Waals surface area contributed by atoms with Gasteiger partial charge in [-0.15, -0.1) is 34.5 Å². The molecule has 0 radical (unpaired) electrons. The number of anilines is 3. The topological polar surface area (TPSA) is 423 Å². The van der Waals surface area contributed by atoms with Gasteiger partial charge in [-0.05, 0) is 70.5 Å². The van der Waals surface area contributed by atoms with Crippen LogP contribution in [0.5, 0.6) is 11.5 Å². The van der Waals surface area contributed by atoms with E-state index in [2.05, 4.69) is 21.3 Å². The molecule has 0 spiro atoms. The molecule has 4 heterocycles. The number of alkyl halides is 2. The first-order valence-electron chi connectivity index (χ1n) is 37.0. The number of fused-ring (bicyclic) bond motifs is 6. The van der Waals surface area contributed by atoms with Crippen LogP contribution in [0.3, 0.4) is 0 Å². The smallest absolute Gasteiger partial charge is 0.415 e. The van der Waals surface area contributed by atoms with E-state index < -0.39 is 97.1 Å². The highest BCUT2D eigenvalue weighted by Gasteiger charge is 2.46. The lowest BCUT2D eigenvalue weighted by Crippen LogP contribution is -2.60. The quantitative estimate of drug-likeness (QED) is 0.0170. The van der Waals surface area contributed by atoms with Crippen molar-refractivity contribution in [2.24, 2.45) is 17.4 Å². The zero-order valence-corrected chi connectivity index (χ0v) is 65.3. The third kappa shape index (κ3) is 23.5. The summed E-state index contributed by atoms with van der Waals surface area (Å²) in [4.78, 5) is 115. The van der Waals surface area contributed by atoms with Crippen LogP contribution in [0, 0.1) is 5.92 Å². The van der Waals surface area contributed by atoms with Crippen molar-refractivity contribution in [3.63, 3.8) is 0 Å². The van der Waals surface area contributed by atoms with E-state index in [1.54, 1.807) is 96.4 Å². The number of nitrogens with one attached hydrogen (secondary N) is 4. The molecule has 2 unspecified atom stereocenters. The number of likely N-dealkylation sites (N-methyl/N-ethyl adjacent to an activating group) is 2. The van der Waals surface area contributed by atoms with Crippen LogP contribution >= 0.6 is 34.5 Å². The Morgan fingerprint density at radius 1 is 0.625 bits per heavy atom. The Bertz CT molecular complexity index is 4150. The van der Waals surface area contributed by atoms with Crippen molar-refractivity contribution >= 4 is 121 Å². The number of aliphatic hydroxyl groups is 4. The first-order chi connectivity index (χ1) is 54.0. The third-order valence-corrected chi connectivity index (χ3v) is 20.7. The summed E-state index contributed by atoms with van der Waals surface area (Å²) in [5.74, 6) is -2.91. The molecule has 112 heavy (non-hydrogen) atoms. The lowest BCUT2D eigenvalue weighted by molar-refractivity contribution is -0.277. The Labute approximate surface area is 662 Å². The van der Waals surface area contributed by atoms with Crippen LogP contribution in [0.2, 0.25) is 0 Å². The van der Waals surface area contributed by atoms with Crippen molar-refractivity contribution in [3.05, 3.63) is 124 Å². The monoisotopic (exact) mass is 1620 g/mol. The molecule has 0 aliphatic carbocycles. The number of aliphatic hydroxyl groups excluding tert-OH is 4. The van der Waals surface area contributed by atoms with Gasteiger partial charge in [-0.25, -0.2) is 14.4 Å². The van der Waals surface area contributed by atoms with Crippen molar-refractivity contribution in [2.45, 2.75) is 94.3 Å². The number of ether oxygens (including phenoxy) is 10. The number of carbonyl (C=O) groups is 8. The molecule has 1 aromatic heterocycles. The van der Waals surface area contributed by atoms with Crippen LogP contribution < -0.4 is 52.0 Å². The number of hydrogen-bond acceptors (Lipinski definition) is 24. The standard InChI is InChI=1S/C77H100Cl2N10O22S/c1-46(2)66(85-63(91)21-26-102-28-30-104-32-34-106-36-37-107-35-33-105-31-29-103-27-22-80)71(96)84-55(14-9-23-82-75(81)99)70(95)83-50-17-15-47(16-18-50)45-108-76(100)86(3)24-25-87(4)77(101)111-59-39-57-65(54-13-8-6-11-52(54)59)49(41-79)43-89(57)73(98)62-20-19-61(112-62)72(97)88-42-48(40-78)64-53-12-7-5-10-51(53)58(38-56(64)88)109-74-69(94)68(93)67(92)60(44-90)110-74/h5-8,10-13,15-20,38-39,46,48-49,55,60,66-69,74,90,92-94H,9,14,21-37,40-45,80H2,1-4H3,(H,83,95)(H,84,96)(H,85,91)(H3,81,82,99)/t48-,49-,55+,60?,66+,67+,68?,69+,74-/m1/s1. The molecule has 9 atom stereocenters. The number of halogens is 2. The average molecular weight is 1620 g/mol. The lowest BCUT2D eigenvalue weighted by atomic mass is 9.95. The second-order valence-electron chi connectivity index (χ2n) is 27.2. The second-order valence-corrected chi connectivity index (χ2v) is 28.9. The minimum Gasteiger partial charge on any atom is -0.461 e. The molecule has 610 valence electrons. The van der Waals surface area contributed by atoms with E-state index in [4.69, 9.17) is 82.0 Å². The van der Waals surface area contributed by atoms with Gasteiger partial charge in [0, 0.05) is 112 Å². The van der Waals surface area contributed by atoms with Gasteiger partial charge in [-0.3, -0.25) is 24.0 Å². The maximum absolute atomic E-state index is 14.8. The molecule has 0 saturated carbocycles. The molecule has 3 aliphatic heterocycles. The molecule has 35 heteroatoms. The zero-order chi connectivity index (χ0) is 80.4. The van der Waals surface area contributed by atoms with Gasteiger partial charge in [0.05, 0.1) is 107 Å². The zero-order valence-electron chi connectivity index (χ0n) is 62.9. The fourth-order valence-electron chi connectivity index (χ4n) is 12.9. The molecule has 1 saturated heterocycles. The molecular weight excluding hydrogens is 1520 g/mol. The number of nitrogens with two attached hydrogens (primary N) is 2. The van der Waals surface area contributed by atoms with Gasteiger partial charge in [-0.2, -0.15) is 0 Å².